The van der Waals surface area contributed by atoms with E-state index in [9.17, 15) is 18.0 Å². The lowest BCUT2D eigenvalue weighted by molar-refractivity contribution is -0.141. The van der Waals surface area contributed by atoms with E-state index >= 15 is 0 Å². The summed E-state index contributed by atoms with van der Waals surface area (Å²) in [6.07, 6.45) is -1.74. The quantitative estimate of drug-likeness (QED) is 0.511. The number of pyridine rings is 1. The second kappa shape index (κ2) is 6.64. The topological polar surface area (TPSA) is 80.0 Å². The van der Waals surface area contributed by atoms with Gasteiger partial charge in [-0.1, -0.05) is 11.6 Å². The molecule has 2 rings (SSSR count). The van der Waals surface area contributed by atoms with Gasteiger partial charge < -0.3 is 16.4 Å². The number of nitrogens with zero attached hydrogens (tertiary/aromatic N) is 1. The van der Waals surface area contributed by atoms with Gasteiger partial charge in [0.05, 0.1) is 5.57 Å². The molecule has 1 aromatic rings. The van der Waals surface area contributed by atoms with E-state index in [1.807, 2.05) is 0 Å². The predicted molar refractivity (Wildman–Crippen MR) is 88.4 cm³/mol. The molecule has 0 radical (unpaired) electrons. The minimum Gasteiger partial charge on any atom is -0.370 e. The Hall–Kier alpha value is -1.74. The summed E-state index contributed by atoms with van der Waals surface area (Å²) < 4.78 is 39.2. The van der Waals surface area contributed by atoms with Crippen molar-refractivity contribution in [3.8, 4) is 0 Å². The van der Waals surface area contributed by atoms with Crippen LogP contribution in [0.15, 0.2) is 34.5 Å². The Morgan fingerprint density at radius 2 is 2.17 bits per heavy atom. The van der Waals surface area contributed by atoms with Crippen molar-refractivity contribution in [2.45, 2.75) is 18.1 Å². The molecule has 1 aromatic heterocycles. The smallest absolute Gasteiger partial charge is 0.370 e. The Morgan fingerprint density at radius 1 is 1.50 bits per heavy atom. The molecule has 5 nitrogen and oxygen atoms in total. The van der Waals surface area contributed by atoms with Crippen LogP contribution in [0.1, 0.15) is 18.2 Å². The van der Waals surface area contributed by atoms with E-state index in [4.69, 9.17) is 17.3 Å². The first-order chi connectivity index (χ1) is 11.1. The summed E-state index contributed by atoms with van der Waals surface area (Å²) in [5, 5.41) is 5.51. The number of aromatic nitrogens is 1. The van der Waals surface area contributed by atoms with Crippen LogP contribution in [0.5, 0.6) is 0 Å². The van der Waals surface area contributed by atoms with Crippen molar-refractivity contribution in [2.24, 2.45) is 5.73 Å². The molecule has 0 bridgehead atoms. The highest BCUT2D eigenvalue weighted by Crippen LogP contribution is 2.42. The summed E-state index contributed by atoms with van der Waals surface area (Å²) in [6, 6.07) is 1.96. The molecule has 0 aromatic carbocycles. The Kier molecular flexibility index (Phi) is 5.14. The molecule has 2 heterocycles. The van der Waals surface area contributed by atoms with Gasteiger partial charge in [0, 0.05) is 22.8 Å². The molecular formula is C14H13BrClF3N4O. The summed E-state index contributed by atoms with van der Waals surface area (Å²) in [5.74, 6) is -0.904. The van der Waals surface area contributed by atoms with Crippen LogP contribution in [0.25, 0.3) is 0 Å². The van der Waals surface area contributed by atoms with E-state index in [0.29, 0.717) is 11.0 Å². The molecule has 4 N–H and O–H groups in total. The average Bonchev–Trinajstić information content (AvgIpc) is 2.49. The average molecular weight is 426 g/mol. The van der Waals surface area contributed by atoms with E-state index in [1.165, 1.54) is 12.3 Å². The molecule has 24 heavy (non-hydrogen) atoms. The monoisotopic (exact) mass is 424 g/mol. The molecular weight excluding hydrogens is 413 g/mol. The second-order valence-electron chi connectivity index (χ2n) is 4.88. The van der Waals surface area contributed by atoms with Gasteiger partial charge in [0.15, 0.2) is 5.00 Å². The van der Waals surface area contributed by atoms with Crippen molar-refractivity contribution in [1.29, 1.82) is 0 Å². The van der Waals surface area contributed by atoms with Crippen LogP contribution in [-0.2, 0) is 16.0 Å². The molecule has 130 valence electrons. The van der Waals surface area contributed by atoms with Crippen LogP contribution in [0.3, 0.4) is 0 Å². The first-order valence-electron chi connectivity index (χ1n) is 6.76. The zero-order chi connectivity index (χ0) is 18.1. The number of nitrogens with two attached hydrogens (primary N) is 1. The molecule has 1 aliphatic rings. The fourth-order valence-electron chi connectivity index (χ4n) is 2.19. The largest absolute Gasteiger partial charge is 0.433 e. The molecule has 1 aliphatic heterocycles. The summed E-state index contributed by atoms with van der Waals surface area (Å²) in [4.78, 5) is 13.7. The van der Waals surface area contributed by atoms with Crippen LogP contribution in [-0.4, -0.2) is 17.4 Å². The Labute approximate surface area is 149 Å². The number of anilines is 1. The van der Waals surface area contributed by atoms with Crippen LogP contribution < -0.4 is 16.4 Å². The van der Waals surface area contributed by atoms with Gasteiger partial charge in [-0.05, 0) is 41.1 Å². The minimum absolute atomic E-state index is 0.0285. The zero-order valence-corrected chi connectivity index (χ0v) is 14.7. The van der Waals surface area contributed by atoms with E-state index in [0.717, 1.165) is 12.1 Å². The third kappa shape index (κ3) is 3.51. The van der Waals surface area contributed by atoms with Crippen molar-refractivity contribution >= 4 is 39.3 Å². The first-order valence-corrected chi connectivity index (χ1v) is 7.93. The van der Waals surface area contributed by atoms with Crippen LogP contribution in [0.4, 0.5) is 19.0 Å². The highest BCUT2D eigenvalue weighted by Gasteiger charge is 2.42. The Bertz CT molecular complexity index is 735. The molecule has 0 aliphatic carbocycles. The van der Waals surface area contributed by atoms with Crippen LogP contribution >= 0.6 is 27.5 Å². The molecule has 1 unspecified atom stereocenters. The molecule has 1 amide bonds. The standard InChI is InChI=1S/C14H13BrClF3N4O/c1-2-21-12-8(3-4-10(23-12)14(17,18)19)13(16)9(11(20)24)5-7(15)6-22-13/h3-6,22H,2H2,1H3,(H2,20,24)(H,21,23). The number of carbonyl (C=O) groups excluding carboxylic acids is 1. The van der Waals surface area contributed by atoms with Gasteiger partial charge in [-0.2, -0.15) is 13.2 Å². The maximum absolute atomic E-state index is 12.9. The van der Waals surface area contributed by atoms with E-state index in [1.54, 1.807) is 6.92 Å². The number of primary amides is 1. The first kappa shape index (κ1) is 18.6. The Balaban J connectivity index is 2.62. The van der Waals surface area contributed by atoms with E-state index in [2.05, 4.69) is 31.5 Å². The van der Waals surface area contributed by atoms with E-state index < -0.39 is 22.8 Å². The van der Waals surface area contributed by atoms with Gasteiger partial charge in [0.1, 0.15) is 11.5 Å². The Morgan fingerprint density at radius 3 is 2.71 bits per heavy atom. The summed E-state index contributed by atoms with van der Waals surface area (Å²) in [7, 11) is 0. The van der Waals surface area contributed by atoms with Crippen LogP contribution in [0.2, 0.25) is 0 Å². The maximum atomic E-state index is 12.9. The highest BCUT2D eigenvalue weighted by atomic mass is 79.9. The third-order valence-electron chi connectivity index (χ3n) is 3.23. The number of alkyl halides is 4. The molecule has 10 heteroatoms. The number of dihydropyridines is 1. The minimum atomic E-state index is -4.60. The molecule has 0 saturated heterocycles. The molecule has 0 saturated carbocycles. The predicted octanol–water partition coefficient (Wildman–Crippen LogP) is 3.17. The number of rotatable bonds is 4. The van der Waals surface area contributed by atoms with Gasteiger partial charge in [-0.3, -0.25) is 4.79 Å². The normalized spacial score (nSPS) is 20.8. The number of hydrogen-bond donors (Lipinski definition) is 3. The number of halogens is 5. The number of hydrogen-bond acceptors (Lipinski definition) is 4. The van der Waals surface area contributed by atoms with Crippen molar-refractivity contribution in [3.05, 3.63) is 45.7 Å². The molecule has 0 fully saturated rings. The zero-order valence-electron chi connectivity index (χ0n) is 12.3. The molecule has 0 spiro atoms. The van der Waals surface area contributed by atoms with Gasteiger partial charge in [-0.25, -0.2) is 4.98 Å². The van der Waals surface area contributed by atoms with Crippen molar-refractivity contribution < 1.29 is 18.0 Å². The van der Waals surface area contributed by atoms with Gasteiger partial charge in [0.25, 0.3) is 0 Å². The second-order valence-corrected chi connectivity index (χ2v) is 6.36. The number of amides is 1. The van der Waals surface area contributed by atoms with E-state index in [-0.39, 0.29) is 17.0 Å². The van der Waals surface area contributed by atoms with Crippen molar-refractivity contribution in [2.75, 3.05) is 11.9 Å². The van der Waals surface area contributed by atoms with Crippen LogP contribution in [0, 0.1) is 0 Å². The summed E-state index contributed by atoms with van der Waals surface area (Å²) in [6.45, 7) is 2.01. The maximum Gasteiger partial charge on any atom is 0.433 e. The number of allylic oxidation sites excluding steroid dienone is 2. The number of carbonyl (C=O) groups is 1. The van der Waals surface area contributed by atoms with Gasteiger partial charge in [0.2, 0.25) is 5.91 Å². The SMILES string of the molecule is CCNc1nc(C(F)(F)F)ccc1C1(Cl)NC=C(Br)C=C1C(N)=O. The van der Waals surface area contributed by atoms with Crippen molar-refractivity contribution in [1.82, 2.24) is 10.3 Å². The lowest BCUT2D eigenvalue weighted by atomic mass is 9.95. The highest BCUT2D eigenvalue weighted by molar-refractivity contribution is 9.11. The fourth-order valence-corrected chi connectivity index (χ4v) is 2.88. The van der Waals surface area contributed by atoms with Crippen molar-refractivity contribution in [3.63, 3.8) is 0 Å². The summed E-state index contributed by atoms with van der Waals surface area (Å²) >= 11 is 9.71. The fraction of sp³-hybridized carbons (Fsp3) is 0.286. The van der Waals surface area contributed by atoms with Gasteiger partial charge >= 0.3 is 6.18 Å². The lowest BCUT2D eigenvalue weighted by Crippen LogP contribution is -2.43. The van der Waals surface area contributed by atoms with Gasteiger partial charge in [-0.15, -0.1) is 0 Å². The lowest BCUT2D eigenvalue weighted by Gasteiger charge is -2.33. The summed E-state index contributed by atoms with van der Waals surface area (Å²) in [5.41, 5.74) is 4.42. The molecule has 1 atom stereocenters. The number of nitrogens with one attached hydrogen (secondary N) is 2. The third-order valence-corrected chi connectivity index (χ3v) is 4.20.